The fourth-order valence-electron chi connectivity index (χ4n) is 2.25. The number of nitrogens with one attached hydrogen (secondary N) is 1. The lowest BCUT2D eigenvalue weighted by atomic mass is 10.2. The molecule has 0 fully saturated rings. The van der Waals surface area contributed by atoms with Crippen LogP contribution in [0.5, 0.6) is 0 Å². The van der Waals surface area contributed by atoms with Crippen molar-refractivity contribution >= 4 is 17.5 Å². The molecule has 1 N–H and O–H groups in total. The van der Waals surface area contributed by atoms with Crippen LogP contribution < -0.4 is 10.2 Å². The molecule has 7 heteroatoms. The molecule has 0 aliphatic rings. The molecule has 3 rings (SSSR count). The SMILES string of the molecule is CN(CCc1ccncc1)c1cnnc(Nc2ccc(C#N)cc2)n1. The number of pyridine rings is 1. The number of rotatable bonds is 6. The van der Waals surface area contributed by atoms with Gasteiger partial charge in [-0.25, -0.2) is 0 Å². The molecule has 7 nitrogen and oxygen atoms in total. The van der Waals surface area contributed by atoms with E-state index in [2.05, 4.69) is 31.6 Å². The Bertz CT molecular complexity index is 857. The van der Waals surface area contributed by atoms with Crippen molar-refractivity contribution in [1.82, 2.24) is 20.2 Å². The average Bonchev–Trinajstić information content (AvgIpc) is 2.68. The molecule has 0 atom stereocenters. The average molecular weight is 331 g/mol. The highest BCUT2D eigenvalue weighted by Crippen LogP contribution is 2.15. The van der Waals surface area contributed by atoms with Crippen LogP contribution in [0.1, 0.15) is 11.1 Å². The predicted octanol–water partition coefficient (Wildman–Crippen LogP) is 2.56. The number of benzene rings is 1. The quantitative estimate of drug-likeness (QED) is 0.742. The van der Waals surface area contributed by atoms with Gasteiger partial charge in [0.2, 0.25) is 5.95 Å². The van der Waals surface area contributed by atoms with Crippen LogP contribution >= 0.6 is 0 Å². The molecule has 2 heterocycles. The van der Waals surface area contributed by atoms with E-state index in [0.717, 1.165) is 24.5 Å². The van der Waals surface area contributed by atoms with Crippen molar-refractivity contribution in [2.75, 3.05) is 23.8 Å². The summed E-state index contributed by atoms with van der Waals surface area (Å²) in [5.74, 6) is 1.15. The number of nitrogens with zero attached hydrogens (tertiary/aromatic N) is 6. The highest BCUT2D eigenvalue weighted by atomic mass is 15.3. The van der Waals surface area contributed by atoms with Gasteiger partial charge < -0.3 is 10.2 Å². The monoisotopic (exact) mass is 331 g/mol. The maximum atomic E-state index is 8.83. The van der Waals surface area contributed by atoms with Gasteiger partial charge in [-0.2, -0.15) is 15.3 Å². The van der Waals surface area contributed by atoms with E-state index in [1.807, 2.05) is 36.2 Å². The summed E-state index contributed by atoms with van der Waals surface area (Å²) < 4.78 is 0. The van der Waals surface area contributed by atoms with Crippen molar-refractivity contribution in [3.8, 4) is 6.07 Å². The molecule has 0 saturated carbocycles. The number of aromatic nitrogens is 4. The highest BCUT2D eigenvalue weighted by Gasteiger charge is 2.06. The van der Waals surface area contributed by atoms with Gasteiger partial charge in [0.05, 0.1) is 17.8 Å². The molecule has 0 radical (unpaired) electrons. The lowest BCUT2D eigenvalue weighted by Crippen LogP contribution is -2.22. The smallest absolute Gasteiger partial charge is 0.249 e. The van der Waals surface area contributed by atoms with Gasteiger partial charge >= 0.3 is 0 Å². The van der Waals surface area contributed by atoms with Gasteiger partial charge in [0.25, 0.3) is 0 Å². The minimum absolute atomic E-state index is 0.415. The lowest BCUT2D eigenvalue weighted by molar-refractivity contribution is 0.840. The zero-order chi connectivity index (χ0) is 17.5. The molecule has 2 aromatic heterocycles. The normalized spacial score (nSPS) is 10.1. The van der Waals surface area contributed by atoms with Crippen LogP contribution in [0.25, 0.3) is 0 Å². The zero-order valence-electron chi connectivity index (χ0n) is 13.8. The Morgan fingerprint density at radius 2 is 1.88 bits per heavy atom. The first-order valence-corrected chi connectivity index (χ1v) is 7.81. The first-order chi connectivity index (χ1) is 12.2. The molecule has 0 aliphatic heterocycles. The van der Waals surface area contributed by atoms with E-state index in [9.17, 15) is 0 Å². The maximum absolute atomic E-state index is 8.83. The molecule has 0 unspecified atom stereocenters. The van der Waals surface area contributed by atoms with Crippen molar-refractivity contribution in [3.63, 3.8) is 0 Å². The van der Waals surface area contributed by atoms with E-state index >= 15 is 0 Å². The second-order valence-corrected chi connectivity index (χ2v) is 5.48. The predicted molar refractivity (Wildman–Crippen MR) is 95.5 cm³/mol. The van der Waals surface area contributed by atoms with Crippen LogP contribution in [0, 0.1) is 11.3 Å². The van der Waals surface area contributed by atoms with E-state index in [-0.39, 0.29) is 0 Å². The summed E-state index contributed by atoms with van der Waals surface area (Å²) in [5, 5.41) is 19.9. The number of hydrogen-bond acceptors (Lipinski definition) is 7. The van der Waals surface area contributed by atoms with Gasteiger partial charge in [-0.3, -0.25) is 4.98 Å². The third-order valence-electron chi connectivity index (χ3n) is 3.69. The third kappa shape index (κ3) is 4.48. The molecule has 124 valence electrons. The number of likely N-dealkylation sites (N-methyl/N-ethyl adjacent to an activating group) is 1. The van der Waals surface area contributed by atoms with Gasteiger partial charge in [-0.05, 0) is 48.4 Å². The summed E-state index contributed by atoms with van der Waals surface area (Å²) in [6, 6.07) is 13.2. The Morgan fingerprint density at radius 3 is 2.60 bits per heavy atom. The zero-order valence-corrected chi connectivity index (χ0v) is 13.8. The lowest BCUT2D eigenvalue weighted by Gasteiger charge is -2.18. The van der Waals surface area contributed by atoms with Gasteiger partial charge in [-0.15, -0.1) is 5.10 Å². The number of anilines is 3. The van der Waals surface area contributed by atoms with Gasteiger partial charge in [0.15, 0.2) is 5.82 Å². The summed E-state index contributed by atoms with van der Waals surface area (Å²) in [4.78, 5) is 10.5. The number of hydrogen-bond donors (Lipinski definition) is 1. The second-order valence-electron chi connectivity index (χ2n) is 5.48. The molecular formula is C18H17N7. The van der Waals surface area contributed by atoms with Crippen molar-refractivity contribution < 1.29 is 0 Å². The van der Waals surface area contributed by atoms with Gasteiger partial charge in [-0.1, -0.05) is 0 Å². The first kappa shape index (κ1) is 16.3. The van der Waals surface area contributed by atoms with E-state index < -0.39 is 0 Å². The second kappa shape index (κ2) is 7.84. The van der Waals surface area contributed by atoms with E-state index in [4.69, 9.17) is 5.26 Å². The van der Waals surface area contributed by atoms with Gasteiger partial charge in [0, 0.05) is 31.7 Å². The molecule has 0 saturated heterocycles. The Balaban J connectivity index is 1.64. The van der Waals surface area contributed by atoms with Crippen molar-refractivity contribution in [3.05, 3.63) is 66.1 Å². The Hall–Kier alpha value is -3.53. The third-order valence-corrected chi connectivity index (χ3v) is 3.69. The standard InChI is InChI=1S/C18H17N7/c1-25(11-8-14-6-9-20-10-7-14)17-13-21-24-18(23-17)22-16-4-2-15(12-19)3-5-16/h2-7,9-10,13H,8,11H2,1H3,(H,22,23,24). The molecule has 0 aliphatic carbocycles. The summed E-state index contributed by atoms with van der Waals surface area (Å²) in [6.07, 6.45) is 6.11. The van der Waals surface area contributed by atoms with Crippen molar-refractivity contribution in [1.29, 1.82) is 5.26 Å². The van der Waals surface area contributed by atoms with Crippen LogP contribution in [-0.2, 0) is 6.42 Å². The number of nitriles is 1. The van der Waals surface area contributed by atoms with E-state index in [0.29, 0.717) is 11.5 Å². The molecule has 3 aromatic rings. The Morgan fingerprint density at radius 1 is 1.12 bits per heavy atom. The van der Waals surface area contributed by atoms with E-state index in [1.54, 1.807) is 30.7 Å². The fraction of sp³-hybridized carbons (Fsp3) is 0.167. The van der Waals surface area contributed by atoms with Crippen molar-refractivity contribution in [2.45, 2.75) is 6.42 Å². The Labute approximate surface area is 146 Å². The summed E-state index contributed by atoms with van der Waals surface area (Å²) in [7, 11) is 1.97. The molecule has 0 bridgehead atoms. The van der Waals surface area contributed by atoms with Crippen LogP contribution in [0.15, 0.2) is 55.0 Å². The molecular weight excluding hydrogens is 314 g/mol. The summed E-state index contributed by atoms with van der Waals surface area (Å²) >= 11 is 0. The molecule has 0 spiro atoms. The fourth-order valence-corrected chi connectivity index (χ4v) is 2.25. The minimum Gasteiger partial charge on any atom is -0.358 e. The Kier molecular flexibility index (Phi) is 5.12. The van der Waals surface area contributed by atoms with Crippen molar-refractivity contribution in [2.24, 2.45) is 0 Å². The van der Waals surface area contributed by atoms with Crippen LogP contribution in [-0.4, -0.2) is 33.8 Å². The topological polar surface area (TPSA) is 90.6 Å². The summed E-state index contributed by atoms with van der Waals surface area (Å²) in [6.45, 7) is 0.805. The summed E-state index contributed by atoms with van der Waals surface area (Å²) in [5.41, 5.74) is 2.63. The van der Waals surface area contributed by atoms with Gasteiger partial charge in [0.1, 0.15) is 0 Å². The van der Waals surface area contributed by atoms with Crippen LogP contribution in [0.2, 0.25) is 0 Å². The maximum Gasteiger partial charge on any atom is 0.249 e. The molecule has 0 amide bonds. The highest BCUT2D eigenvalue weighted by molar-refractivity contribution is 5.55. The molecule has 1 aromatic carbocycles. The largest absolute Gasteiger partial charge is 0.358 e. The minimum atomic E-state index is 0.415. The van der Waals surface area contributed by atoms with Crippen LogP contribution in [0.3, 0.4) is 0 Å². The molecule has 25 heavy (non-hydrogen) atoms. The van der Waals surface area contributed by atoms with Crippen LogP contribution in [0.4, 0.5) is 17.5 Å². The first-order valence-electron chi connectivity index (χ1n) is 7.81. The van der Waals surface area contributed by atoms with E-state index in [1.165, 1.54) is 5.56 Å².